The predicted molar refractivity (Wildman–Crippen MR) is 105 cm³/mol. The van der Waals surface area contributed by atoms with Gasteiger partial charge in [-0.25, -0.2) is 4.98 Å². The number of H-pyrrole nitrogens is 1. The number of aromatic amines is 1. The molecule has 1 fully saturated rings. The number of nitrogens with two attached hydrogens (primary N) is 1. The lowest BCUT2D eigenvalue weighted by Crippen LogP contribution is -2.50. The molecule has 6 nitrogen and oxygen atoms in total. The molecule has 7 heteroatoms. The smallest absolute Gasteiger partial charge is 0.239 e. The van der Waals surface area contributed by atoms with Crippen molar-refractivity contribution in [2.24, 2.45) is 11.7 Å². The van der Waals surface area contributed by atoms with Crippen LogP contribution in [0.3, 0.4) is 0 Å². The molecule has 3 atom stereocenters. The van der Waals surface area contributed by atoms with E-state index in [1.807, 2.05) is 42.2 Å². The molecule has 2 aromatic rings. The summed E-state index contributed by atoms with van der Waals surface area (Å²) in [5, 5.41) is 7.41. The van der Waals surface area contributed by atoms with E-state index in [1.54, 1.807) is 0 Å². The maximum absolute atomic E-state index is 12.7. The third kappa shape index (κ3) is 4.43. The first-order chi connectivity index (χ1) is 12.1. The molecular formula is C19H28ClN5O. The number of hydrogen-bond acceptors (Lipinski definition) is 4. The van der Waals surface area contributed by atoms with Crippen molar-refractivity contribution in [2.45, 2.75) is 45.1 Å². The van der Waals surface area contributed by atoms with Gasteiger partial charge in [0.2, 0.25) is 5.91 Å². The van der Waals surface area contributed by atoms with Crippen LogP contribution in [0.1, 0.15) is 44.9 Å². The van der Waals surface area contributed by atoms with Crippen LogP contribution in [0.2, 0.25) is 0 Å². The van der Waals surface area contributed by atoms with Crippen LogP contribution >= 0.6 is 12.4 Å². The summed E-state index contributed by atoms with van der Waals surface area (Å²) in [5.74, 6) is 2.00. The van der Waals surface area contributed by atoms with Crippen molar-refractivity contribution in [2.75, 3.05) is 13.1 Å². The van der Waals surface area contributed by atoms with E-state index in [0.717, 1.165) is 37.2 Å². The first kappa shape index (κ1) is 20.4. The quantitative estimate of drug-likeness (QED) is 0.838. The third-order valence-electron chi connectivity index (χ3n) is 5.20. The molecule has 1 amide bonds. The van der Waals surface area contributed by atoms with E-state index in [0.29, 0.717) is 12.4 Å². The summed E-state index contributed by atoms with van der Waals surface area (Å²) in [6.07, 6.45) is 2.88. The second kappa shape index (κ2) is 9.14. The summed E-state index contributed by atoms with van der Waals surface area (Å²) in [4.78, 5) is 19.2. The van der Waals surface area contributed by atoms with Crippen molar-refractivity contribution < 1.29 is 4.79 Å². The summed E-state index contributed by atoms with van der Waals surface area (Å²) in [6, 6.07) is 9.50. The van der Waals surface area contributed by atoms with Gasteiger partial charge in [-0.3, -0.25) is 9.89 Å². The monoisotopic (exact) mass is 377 g/mol. The minimum atomic E-state index is -0.418. The molecule has 142 valence electrons. The second-order valence-corrected chi connectivity index (χ2v) is 6.95. The number of piperidine rings is 1. The van der Waals surface area contributed by atoms with Gasteiger partial charge < -0.3 is 10.6 Å². The van der Waals surface area contributed by atoms with Crippen molar-refractivity contribution in [1.82, 2.24) is 20.1 Å². The van der Waals surface area contributed by atoms with Crippen molar-refractivity contribution in [3.05, 3.63) is 36.2 Å². The predicted octanol–water partition coefficient (Wildman–Crippen LogP) is 2.97. The highest BCUT2D eigenvalue weighted by Gasteiger charge is 2.31. The Kier molecular flexibility index (Phi) is 7.17. The second-order valence-electron chi connectivity index (χ2n) is 6.95. The molecule has 0 bridgehead atoms. The van der Waals surface area contributed by atoms with E-state index in [-0.39, 0.29) is 30.2 Å². The largest absolute Gasteiger partial charge is 0.341 e. The summed E-state index contributed by atoms with van der Waals surface area (Å²) in [5.41, 5.74) is 7.13. The van der Waals surface area contributed by atoms with Gasteiger partial charge in [0.1, 0.15) is 5.82 Å². The topological polar surface area (TPSA) is 87.9 Å². The minimum absolute atomic E-state index is 0. The summed E-state index contributed by atoms with van der Waals surface area (Å²) >= 11 is 0. The molecule has 0 saturated carbocycles. The Bertz CT molecular complexity index is 705. The van der Waals surface area contributed by atoms with E-state index in [2.05, 4.69) is 22.1 Å². The van der Waals surface area contributed by atoms with Gasteiger partial charge in [-0.1, -0.05) is 50.6 Å². The zero-order valence-electron chi connectivity index (χ0n) is 15.4. The molecule has 3 rings (SSSR count). The molecule has 1 aliphatic heterocycles. The average Bonchev–Trinajstić information content (AvgIpc) is 3.17. The van der Waals surface area contributed by atoms with E-state index >= 15 is 0 Å². The summed E-state index contributed by atoms with van der Waals surface area (Å²) in [6.45, 7) is 5.54. The fourth-order valence-electron chi connectivity index (χ4n) is 3.28. The van der Waals surface area contributed by atoms with Gasteiger partial charge in [0.05, 0.1) is 6.04 Å². The maximum Gasteiger partial charge on any atom is 0.239 e. The number of rotatable bonds is 5. The third-order valence-corrected chi connectivity index (χ3v) is 5.20. The molecule has 3 N–H and O–H groups in total. The van der Waals surface area contributed by atoms with E-state index in [1.165, 1.54) is 0 Å². The highest BCUT2D eigenvalue weighted by Crippen LogP contribution is 2.26. The van der Waals surface area contributed by atoms with Gasteiger partial charge in [0, 0.05) is 24.6 Å². The molecule has 3 unspecified atom stereocenters. The van der Waals surface area contributed by atoms with Gasteiger partial charge in [-0.05, 0) is 18.8 Å². The van der Waals surface area contributed by atoms with Gasteiger partial charge >= 0.3 is 0 Å². The van der Waals surface area contributed by atoms with Crippen LogP contribution in [-0.2, 0) is 4.79 Å². The molecule has 26 heavy (non-hydrogen) atoms. The lowest BCUT2D eigenvalue weighted by molar-refractivity contribution is -0.135. The summed E-state index contributed by atoms with van der Waals surface area (Å²) < 4.78 is 0. The summed E-state index contributed by atoms with van der Waals surface area (Å²) in [7, 11) is 0. The van der Waals surface area contributed by atoms with E-state index in [9.17, 15) is 4.79 Å². The molecule has 1 aliphatic rings. The van der Waals surface area contributed by atoms with Crippen LogP contribution in [0, 0.1) is 5.92 Å². The maximum atomic E-state index is 12.7. The molecule has 1 saturated heterocycles. The number of amides is 1. The number of aromatic nitrogens is 3. The number of carbonyl (C=O) groups is 1. The van der Waals surface area contributed by atoms with Gasteiger partial charge in [-0.2, -0.15) is 5.10 Å². The number of nitrogens with one attached hydrogen (secondary N) is 1. The zero-order valence-corrected chi connectivity index (χ0v) is 16.2. The number of halogens is 1. The van der Waals surface area contributed by atoms with Crippen LogP contribution in [0.25, 0.3) is 11.4 Å². The van der Waals surface area contributed by atoms with Gasteiger partial charge in [-0.15, -0.1) is 12.4 Å². The Balaban J connectivity index is 0.00000243. The zero-order chi connectivity index (χ0) is 17.8. The highest BCUT2D eigenvalue weighted by molar-refractivity contribution is 5.85. The Labute approximate surface area is 161 Å². The fraction of sp³-hybridized carbons (Fsp3) is 0.526. The molecule has 2 heterocycles. The van der Waals surface area contributed by atoms with Crippen LogP contribution in [0.4, 0.5) is 0 Å². The Morgan fingerprint density at radius 1 is 1.38 bits per heavy atom. The van der Waals surface area contributed by atoms with Crippen molar-refractivity contribution in [1.29, 1.82) is 0 Å². The lowest BCUT2D eigenvalue weighted by Gasteiger charge is -2.34. The van der Waals surface area contributed by atoms with E-state index < -0.39 is 6.04 Å². The first-order valence-corrected chi connectivity index (χ1v) is 9.12. The van der Waals surface area contributed by atoms with Crippen LogP contribution in [0.5, 0.6) is 0 Å². The standard InChI is InChI=1S/C19H27N5O.ClH/c1-3-13(2)16(20)19(25)24-11-7-10-15(12-24)18-21-17(22-23-18)14-8-5-4-6-9-14;/h4-6,8-9,13,15-16H,3,7,10-12,20H2,1-2H3,(H,21,22,23);1H. The van der Waals surface area contributed by atoms with E-state index in [4.69, 9.17) is 5.73 Å². The van der Waals surface area contributed by atoms with Crippen molar-refractivity contribution in [3.63, 3.8) is 0 Å². The average molecular weight is 378 g/mol. The molecule has 0 spiro atoms. The Morgan fingerprint density at radius 3 is 2.81 bits per heavy atom. The van der Waals surface area contributed by atoms with Crippen molar-refractivity contribution in [3.8, 4) is 11.4 Å². The van der Waals surface area contributed by atoms with Crippen LogP contribution in [-0.4, -0.2) is 45.1 Å². The number of likely N-dealkylation sites (tertiary alicyclic amines) is 1. The van der Waals surface area contributed by atoms with Gasteiger partial charge in [0.15, 0.2) is 5.82 Å². The molecular weight excluding hydrogens is 350 g/mol. The number of hydrogen-bond donors (Lipinski definition) is 2. The van der Waals surface area contributed by atoms with Crippen LogP contribution < -0.4 is 5.73 Å². The molecule has 1 aromatic carbocycles. The number of benzene rings is 1. The molecule has 0 aliphatic carbocycles. The SMILES string of the molecule is CCC(C)C(N)C(=O)N1CCCC(c2nc(-c3ccccc3)n[nH]2)C1.Cl. The number of carbonyl (C=O) groups excluding carboxylic acids is 1. The Hall–Kier alpha value is -1.92. The van der Waals surface area contributed by atoms with Crippen LogP contribution in [0.15, 0.2) is 30.3 Å². The van der Waals surface area contributed by atoms with Gasteiger partial charge in [0.25, 0.3) is 0 Å². The first-order valence-electron chi connectivity index (χ1n) is 9.12. The fourth-order valence-corrected chi connectivity index (χ4v) is 3.28. The normalized spacial score (nSPS) is 19.5. The number of nitrogens with zero attached hydrogens (tertiary/aromatic N) is 3. The highest BCUT2D eigenvalue weighted by atomic mass is 35.5. The van der Waals surface area contributed by atoms with Crippen molar-refractivity contribution >= 4 is 18.3 Å². The lowest BCUT2D eigenvalue weighted by atomic mass is 9.94. The molecule has 0 radical (unpaired) electrons. The Morgan fingerprint density at radius 2 is 2.12 bits per heavy atom. The molecule has 1 aromatic heterocycles. The minimum Gasteiger partial charge on any atom is -0.341 e.